The normalized spacial score (nSPS) is 16.4. The zero-order valence-corrected chi connectivity index (χ0v) is 18.1. The third-order valence-corrected chi connectivity index (χ3v) is 6.18. The smallest absolute Gasteiger partial charge is 0.338 e. The first-order valence-electron chi connectivity index (χ1n) is 9.65. The number of carbonyl (C=O) groups excluding carboxylic acids is 1. The number of ether oxygens (including phenoxy) is 1. The van der Waals surface area contributed by atoms with Gasteiger partial charge in [-0.3, -0.25) is 14.0 Å². The molecule has 1 aliphatic rings. The van der Waals surface area contributed by atoms with E-state index in [4.69, 9.17) is 4.74 Å². The van der Waals surface area contributed by atoms with Crippen LogP contribution in [0.1, 0.15) is 36.7 Å². The molecule has 154 valence electrons. The van der Waals surface area contributed by atoms with Crippen LogP contribution in [0.15, 0.2) is 57.6 Å². The summed E-state index contributed by atoms with van der Waals surface area (Å²) in [4.78, 5) is 31.4. The summed E-state index contributed by atoms with van der Waals surface area (Å²) < 4.78 is 9.19. The van der Waals surface area contributed by atoms with Gasteiger partial charge in [0.2, 0.25) is 0 Å². The zero-order chi connectivity index (χ0) is 21.4. The molecule has 0 N–H and O–H groups in total. The Kier molecular flexibility index (Phi) is 5.26. The van der Waals surface area contributed by atoms with Crippen molar-refractivity contribution in [1.29, 1.82) is 0 Å². The van der Waals surface area contributed by atoms with Crippen molar-refractivity contribution in [2.75, 3.05) is 6.61 Å². The maximum atomic E-state index is 13.4. The van der Waals surface area contributed by atoms with Crippen molar-refractivity contribution in [2.45, 2.75) is 26.8 Å². The lowest BCUT2D eigenvalue weighted by Gasteiger charge is -2.24. The molecule has 0 saturated heterocycles. The van der Waals surface area contributed by atoms with Crippen molar-refractivity contribution >= 4 is 23.4 Å². The molecule has 3 heterocycles. The summed E-state index contributed by atoms with van der Waals surface area (Å²) in [7, 11) is 1.86. The number of fused-ring (bicyclic) bond motifs is 1. The molecule has 30 heavy (non-hydrogen) atoms. The van der Waals surface area contributed by atoms with E-state index in [1.165, 1.54) is 11.3 Å². The molecule has 7 nitrogen and oxygen atoms in total. The molecule has 2 aromatic heterocycles. The summed E-state index contributed by atoms with van der Waals surface area (Å²) in [6.07, 6.45) is 3.56. The quantitative estimate of drug-likeness (QED) is 0.601. The van der Waals surface area contributed by atoms with Gasteiger partial charge in [0.1, 0.15) is 0 Å². The van der Waals surface area contributed by atoms with Crippen molar-refractivity contribution in [2.24, 2.45) is 12.0 Å². The van der Waals surface area contributed by atoms with Crippen LogP contribution in [0.25, 0.3) is 6.08 Å². The second kappa shape index (κ2) is 7.87. The highest BCUT2D eigenvalue weighted by Crippen LogP contribution is 2.30. The fourth-order valence-corrected chi connectivity index (χ4v) is 4.58. The summed E-state index contributed by atoms with van der Waals surface area (Å²) in [5.41, 5.74) is 3.43. The molecule has 1 aliphatic heterocycles. The minimum atomic E-state index is -0.585. The van der Waals surface area contributed by atoms with Crippen molar-refractivity contribution < 1.29 is 9.53 Å². The van der Waals surface area contributed by atoms with Crippen molar-refractivity contribution in [3.05, 3.63) is 84.3 Å². The van der Waals surface area contributed by atoms with Gasteiger partial charge in [0.15, 0.2) is 4.80 Å². The molecule has 0 bridgehead atoms. The highest BCUT2D eigenvalue weighted by atomic mass is 32.1. The zero-order valence-electron chi connectivity index (χ0n) is 17.2. The standard InChI is InChI=1S/C22H22N4O3S/c1-5-29-21(28)18-13(2)24-22-26(19(18)15-9-7-6-8-10-15)20(27)17(30-22)11-16-12-23-25(4)14(16)3/h6-12,19H,5H2,1-4H3/b17-11+. The van der Waals surface area contributed by atoms with Gasteiger partial charge in [-0.15, -0.1) is 0 Å². The fraction of sp³-hybridized carbons (Fsp3) is 0.273. The van der Waals surface area contributed by atoms with Gasteiger partial charge in [-0.1, -0.05) is 41.7 Å². The number of aromatic nitrogens is 3. The number of carbonyl (C=O) groups is 1. The van der Waals surface area contributed by atoms with E-state index in [0.29, 0.717) is 20.6 Å². The van der Waals surface area contributed by atoms with Gasteiger partial charge in [0.05, 0.1) is 34.6 Å². The Morgan fingerprint density at radius 3 is 2.63 bits per heavy atom. The lowest BCUT2D eigenvalue weighted by Crippen LogP contribution is -2.39. The Balaban J connectivity index is 1.97. The lowest BCUT2D eigenvalue weighted by atomic mass is 9.96. The molecule has 3 aromatic rings. The van der Waals surface area contributed by atoms with Crippen LogP contribution in [-0.4, -0.2) is 26.9 Å². The number of benzene rings is 1. The average molecular weight is 423 g/mol. The Labute approximate surface area is 177 Å². The average Bonchev–Trinajstić information content (AvgIpc) is 3.21. The van der Waals surface area contributed by atoms with Crippen LogP contribution in [0.4, 0.5) is 0 Å². The Hall–Kier alpha value is -3.26. The molecule has 0 spiro atoms. The van der Waals surface area contributed by atoms with E-state index in [1.54, 1.807) is 29.3 Å². The SMILES string of the molecule is CCOC(=O)C1=C(C)N=c2s/c(=C/c3cnn(C)c3C)c(=O)n2C1c1ccccc1. The molecular weight excluding hydrogens is 400 g/mol. The maximum Gasteiger partial charge on any atom is 0.338 e. The number of rotatable bonds is 4. The van der Waals surface area contributed by atoms with Crippen LogP contribution >= 0.6 is 11.3 Å². The van der Waals surface area contributed by atoms with E-state index in [0.717, 1.165) is 16.8 Å². The summed E-state index contributed by atoms with van der Waals surface area (Å²) in [6, 6.07) is 8.92. The largest absolute Gasteiger partial charge is 0.463 e. The van der Waals surface area contributed by atoms with E-state index in [9.17, 15) is 9.59 Å². The van der Waals surface area contributed by atoms with Crippen molar-refractivity contribution in [3.63, 3.8) is 0 Å². The molecule has 1 atom stereocenters. The summed E-state index contributed by atoms with van der Waals surface area (Å²) in [5, 5.41) is 4.24. The van der Waals surface area contributed by atoms with Gasteiger partial charge in [-0.25, -0.2) is 9.79 Å². The van der Waals surface area contributed by atoms with E-state index in [-0.39, 0.29) is 12.2 Å². The molecular formula is C22H22N4O3S. The monoisotopic (exact) mass is 422 g/mol. The molecule has 4 rings (SSSR count). The number of nitrogens with zero attached hydrogens (tertiary/aromatic N) is 4. The number of thiazole rings is 1. The van der Waals surface area contributed by atoms with Crippen molar-refractivity contribution in [1.82, 2.24) is 14.3 Å². The van der Waals surface area contributed by atoms with Crippen LogP contribution in [0.5, 0.6) is 0 Å². The highest BCUT2D eigenvalue weighted by Gasteiger charge is 2.33. The third-order valence-electron chi connectivity index (χ3n) is 5.19. The lowest BCUT2D eigenvalue weighted by molar-refractivity contribution is -0.139. The molecule has 0 amide bonds. The van der Waals surface area contributed by atoms with Crippen LogP contribution < -0.4 is 14.9 Å². The first-order valence-corrected chi connectivity index (χ1v) is 10.5. The van der Waals surface area contributed by atoms with Crippen LogP contribution in [0.3, 0.4) is 0 Å². The number of hydrogen-bond acceptors (Lipinski definition) is 6. The number of aryl methyl sites for hydroxylation is 1. The van der Waals surface area contributed by atoms with E-state index < -0.39 is 12.0 Å². The Morgan fingerprint density at radius 1 is 1.27 bits per heavy atom. The molecule has 1 aromatic carbocycles. The molecule has 0 radical (unpaired) electrons. The van der Waals surface area contributed by atoms with E-state index >= 15 is 0 Å². The Morgan fingerprint density at radius 2 is 2.00 bits per heavy atom. The first kappa shape index (κ1) is 20.0. The summed E-state index contributed by atoms with van der Waals surface area (Å²) in [6.45, 7) is 5.74. The highest BCUT2D eigenvalue weighted by molar-refractivity contribution is 7.07. The number of esters is 1. The van der Waals surface area contributed by atoms with Crippen LogP contribution in [-0.2, 0) is 16.6 Å². The summed E-state index contributed by atoms with van der Waals surface area (Å²) >= 11 is 1.31. The third kappa shape index (κ3) is 3.33. The van der Waals surface area contributed by atoms with E-state index in [2.05, 4.69) is 10.1 Å². The minimum absolute atomic E-state index is 0.190. The Bertz CT molecular complexity index is 1330. The van der Waals surface area contributed by atoms with Gasteiger partial charge < -0.3 is 4.74 Å². The van der Waals surface area contributed by atoms with Gasteiger partial charge in [0, 0.05) is 18.3 Å². The second-order valence-electron chi connectivity index (χ2n) is 7.02. The van der Waals surface area contributed by atoms with Gasteiger partial charge >= 0.3 is 5.97 Å². The molecule has 1 unspecified atom stereocenters. The second-order valence-corrected chi connectivity index (χ2v) is 8.03. The minimum Gasteiger partial charge on any atom is -0.463 e. The predicted molar refractivity (Wildman–Crippen MR) is 115 cm³/mol. The van der Waals surface area contributed by atoms with E-state index in [1.807, 2.05) is 50.4 Å². The van der Waals surface area contributed by atoms with Gasteiger partial charge in [-0.2, -0.15) is 5.10 Å². The number of allylic oxidation sites excluding steroid dienone is 1. The number of hydrogen-bond donors (Lipinski definition) is 0. The van der Waals surface area contributed by atoms with Gasteiger partial charge in [0.25, 0.3) is 5.56 Å². The van der Waals surface area contributed by atoms with Crippen LogP contribution in [0, 0.1) is 6.92 Å². The molecule has 0 saturated carbocycles. The predicted octanol–water partition coefficient (Wildman–Crippen LogP) is 1.84. The first-order chi connectivity index (χ1) is 14.4. The maximum absolute atomic E-state index is 13.4. The van der Waals surface area contributed by atoms with Gasteiger partial charge in [-0.05, 0) is 32.4 Å². The summed E-state index contributed by atoms with van der Waals surface area (Å²) in [5.74, 6) is -0.454. The molecule has 0 fully saturated rings. The fourth-order valence-electron chi connectivity index (χ4n) is 3.54. The molecule has 0 aliphatic carbocycles. The van der Waals surface area contributed by atoms with Crippen molar-refractivity contribution in [3.8, 4) is 0 Å². The topological polar surface area (TPSA) is 78.5 Å². The molecule has 8 heteroatoms. The van der Waals surface area contributed by atoms with Crippen LogP contribution in [0.2, 0.25) is 0 Å².